The lowest BCUT2D eigenvalue weighted by Crippen LogP contribution is -2.45. The highest BCUT2D eigenvalue weighted by atomic mass is 79.9. The number of nitrogens with zero attached hydrogens (tertiary/aromatic N) is 1. The number of thiophene rings is 1. The van der Waals surface area contributed by atoms with Crippen molar-refractivity contribution in [1.82, 2.24) is 4.90 Å². The summed E-state index contributed by atoms with van der Waals surface area (Å²) in [6, 6.07) is 3.67. The summed E-state index contributed by atoms with van der Waals surface area (Å²) in [6.45, 7) is 0. The third-order valence-corrected chi connectivity index (χ3v) is 6.39. The van der Waals surface area contributed by atoms with E-state index >= 15 is 0 Å². The topological polar surface area (TPSA) is 46.6 Å². The van der Waals surface area contributed by atoms with Crippen LogP contribution in [0.15, 0.2) is 22.0 Å². The standard InChI is InChI=1S/C17H20BrNO3S/c1-22-17(21)14-10-11-4-2-3-5-13(11)19(14)16(20)9-7-12-6-8-15(18)23-12/h6-9,11,13-14H,2-5,10H2,1H3/b9-7+. The summed E-state index contributed by atoms with van der Waals surface area (Å²) in [5, 5.41) is 0. The number of likely N-dealkylation sites (tertiary alicyclic amines) is 1. The number of hydrogen-bond donors (Lipinski definition) is 0. The highest BCUT2D eigenvalue weighted by Gasteiger charge is 2.47. The fraction of sp³-hybridized carbons (Fsp3) is 0.529. The second-order valence-corrected chi connectivity index (χ2v) is 8.60. The molecular weight excluding hydrogens is 378 g/mol. The number of esters is 1. The first kappa shape index (κ1) is 16.7. The van der Waals surface area contributed by atoms with Gasteiger partial charge in [0.1, 0.15) is 6.04 Å². The molecule has 2 aliphatic rings. The molecule has 3 unspecified atom stereocenters. The van der Waals surface area contributed by atoms with Crippen molar-refractivity contribution in [1.29, 1.82) is 0 Å². The van der Waals surface area contributed by atoms with Crippen LogP contribution in [0.4, 0.5) is 0 Å². The molecule has 1 amide bonds. The van der Waals surface area contributed by atoms with E-state index in [0.29, 0.717) is 5.92 Å². The van der Waals surface area contributed by atoms with Crippen LogP contribution in [-0.4, -0.2) is 36.0 Å². The Balaban J connectivity index is 1.79. The van der Waals surface area contributed by atoms with Gasteiger partial charge in [-0.1, -0.05) is 12.8 Å². The predicted molar refractivity (Wildman–Crippen MR) is 94.1 cm³/mol. The summed E-state index contributed by atoms with van der Waals surface area (Å²) in [7, 11) is 1.39. The van der Waals surface area contributed by atoms with Crippen molar-refractivity contribution in [3.8, 4) is 0 Å². The molecule has 0 spiro atoms. The maximum absolute atomic E-state index is 12.7. The second kappa shape index (κ2) is 7.18. The summed E-state index contributed by atoms with van der Waals surface area (Å²) >= 11 is 4.99. The van der Waals surface area contributed by atoms with Crippen molar-refractivity contribution >= 4 is 45.2 Å². The number of ether oxygens (including phenoxy) is 1. The van der Waals surface area contributed by atoms with E-state index in [2.05, 4.69) is 15.9 Å². The van der Waals surface area contributed by atoms with Crippen molar-refractivity contribution in [3.05, 3.63) is 26.9 Å². The smallest absolute Gasteiger partial charge is 0.328 e. The molecule has 1 saturated heterocycles. The zero-order valence-electron chi connectivity index (χ0n) is 13.0. The summed E-state index contributed by atoms with van der Waals surface area (Å²) < 4.78 is 5.96. The molecule has 0 N–H and O–H groups in total. The van der Waals surface area contributed by atoms with E-state index in [1.807, 2.05) is 18.2 Å². The van der Waals surface area contributed by atoms with Gasteiger partial charge in [-0.3, -0.25) is 4.79 Å². The van der Waals surface area contributed by atoms with E-state index < -0.39 is 6.04 Å². The molecule has 124 valence electrons. The van der Waals surface area contributed by atoms with Crippen LogP contribution < -0.4 is 0 Å². The van der Waals surface area contributed by atoms with Crippen molar-refractivity contribution in [2.75, 3.05) is 7.11 Å². The normalized spacial score (nSPS) is 27.2. The molecule has 1 saturated carbocycles. The first-order valence-corrected chi connectivity index (χ1v) is 9.54. The minimum absolute atomic E-state index is 0.0840. The van der Waals surface area contributed by atoms with Gasteiger partial charge in [-0.2, -0.15) is 0 Å². The van der Waals surface area contributed by atoms with Crippen LogP contribution in [0.3, 0.4) is 0 Å². The first-order chi connectivity index (χ1) is 11.1. The van der Waals surface area contributed by atoms with E-state index in [1.54, 1.807) is 22.3 Å². The third-order valence-electron chi connectivity index (χ3n) is 4.80. The average Bonchev–Trinajstić information content (AvgIpc) is 3.15. The zero-order chi connectivity index (χ0) is 16.4. The third kappa shape index (κ3) is 3.53. The van der Waals surface area contributed by atoms with Gasteiger partial charge in [-0.15, -0.1) is 11.3 Å². The molecule has 1 aromatic rings. The minimum atomic E-state index is -0.430. The number of halogens is 1. The fourth-order valence-corrected chi connectivity index (χ4v) is 5.11. The second-order valence-electron chi connectivity index (χ2n) is 6.11. The molecule has 1 aliphatic heterocycles. The Kier molecular flexibility index (Phi) is 5.21. The van der Waals surface area contributed by atoms with E-state index in [0.717, 1.165) is 34.3 Å². The van der Waals surface area contributed by atoms with E-state index in [4.69, 9.17) is 4.74 Å². The van der Waals surface area contributed by atoms with Crippen LogP contribution in [0, 0.1) is 5.92 Å². The lowest BCUT2D eigenvalue weighted by molar-refractivity contribution is -0.150. The van der Waals surface area contributed by atoms with Crippen molar-refractivity contribution in [2.45, 2.75) is 44.2 Å². The van der Waals surface area contributed by atoms with Gasteiger partial charge in [0, 0.05) is 17.0 Å². The van der Waals surface area contributed by atoms with Crippen molar-refractivity contribution in [2.24, 2.45) is 5.92 Å². The molecule has 1 aliphatic carbocycles. The maximum atomic E-state index is 12.7. The highest BCUT2D eigenvalue weighted by Crippen LogP contribution is 2.40. The summed E-state index contributed by atoms with van der Waals surface area (Å²) in [5.41, 5.74) is 0. The maximum Gasteiger partial charge on any atom is 0.328 e. The van der Waals surface area contributed by atoms with Gasteiger partial charge in [0.05, 0.1) is 10.9 Å². The number of amides is 1. The van der Waals surface area contributed by atoms with Crippen molar-refractivity contribution in [3.63, 3.8) is 0 Å². The van der Waals surface area contributed by atoms with Gasteiger partial charge in [0.15, 0.2) is 0 Å². The molecule has 2 heterocycles. The molecule has 2 fully saturated rings. The molecule has 4 nitrogen and oxygen atoms in total. The molecule has 6 heteroatoms. The number of hydrogen-bond acceptors (Lipinski definition) is 4. The Labute approximate surface area is 148 Å². The van der Waals surface area contributed by atoms with Crippen molar-refractivity contribution < 1.29 is 14.3 Å². The molecule has 0 radical (unpaired) electrons. The quantitative estimate of drug-likeness (QED) is 0.574. The number of carbonyl (C=O) groups excluding carboxylic acids is 2. The van der Waals surface area contributed by atoms with E-state index in [-0.39, 0.29) is 17.9 Å². The number of rotatable bonds is 3. The fourth-order valence-electron chi connectivity index (χ4n) is 3.78. The molecule has 0 bridgehead atoms. The Hall–Kier alpha value is -1.14. The van der Waals surface area contributed by atoms with Gasteiger partial charge in [-0.05, 0) is 59.3 Å². The lowest BCUT2D eigenvalue weighted by Gasteiger charge is -2.32. The zero-order valence-corrected chi connectivity index (χ0v) is 15.4. The van der Waals surface area contributed by atoms with Crippen LogP contribution in [0.25, 0.3) is 6.08 Å². The Morgan fingerprint density at radius 2 is 2.13 bits per heavy atom. The van der Waals surface area contributed by atoms with Gasteiger partial charge < -0.3 is 9.64 Å². The van der Waals surface area contributed by atoms with Crippen LogP contribution >= 0.6 is 27.3 Å². The summed E-state index contributed by atoms with van der Waals surface area (Å²) in [5.74, 6) is 0.0559. The van der Waals surface area contributed by atoms with Gasteiger partial charge in [0.2, 0.25) is 5.91 Å². The largest absolute Gasteiger partial charge is 0.467 e. The molecule has 3 rings (SSSR count). The highest BCUT2D eigenvalue weighted by molar-refractivity contribution is 9.11. The number of fused-ring (bicyclic) bond motifs is 1. The van der Waals surface area contributed by atoms with Gasteiger partial charge in [-0.25, -0.2) is 4.79 Å². The first-order valence-electron chi connectivity index (χ1n) is 7.93. The minimum Gasteiger partial charge on any atom is -0.467 e. The Morgan fingerprint density at radius 3 is 2.83 bits per heavy atom. The van der Waals surface area contributed by atoms with Crippen LogP contribution in [0.1, 0.15) is 37.0 Å². The van der Waals surface area contributed by atoms with E-state index in [9.17, 15) is 9.59 Å². The Morgan fingerprint density at radius 1 is 1.35 bits per heavy atom. The summed E-state index contributed by atoms with van der Waals surface area (Å²) in [6.07, 6.45) is 8.55. The molecule has 0 aromatic carbocycles. The Bertz CT molecular complexity index is 627. The lowest BCUT2D eigenvalue weighted by atomic mass is 9.85. The monoisotopic (exact) mass is 397 g/mol. The molecule has 3 atom stereocenters. The van der Waals surface area contributed by atoms with Crippen LogP contribution in [0.5, 0.6) is 0 Å². The predicted octanol–water partition coefficient (Wildman–Crippen LogP) is 3.86. The van der Waals surface area contributed by atoms with Crippen LogP contribution in [0.2, 0.25) is 0 Å². The van der Waals surface area contributed by atoms with E-state index in [1.165, 1.54) is 13.5 Å². The summed E-state index contributed by atoms with van der Waals surface area (Å²) in [4.78, 5) is 27.6. The molecule has 23 heavy (non-hydrogen) atoms. The average molecular weight is 398 g/mol. The number of methoxy groups -OCH3 is 1. The molecular formula is C17H20BrNO3S. The van der Waals surface area contributed by atoms with Crippen LogP contribution in [-0.2, 0) is 14.3 Å². The van der Waals surface area contributed by atoms with Gasteiger partial charge in [0.25, 0.3) is 0 Å². The van der Waals surface area contributed by atoms with Gasteiger partial charge >= 0.3 is 5.97 Å². The number of carbonyl (C=O) groups is 2. The molecule has 1 aromatic heterocycles. The SMILES string of the molecule is COC(=O)C1CC2CCCCC2N1C(=O)/C=C/c1ccc(Br)s1.